The van der Waals surface area contributed by atoms with E-state index in [9.17, 15) is 18.7 Å². The summed E-state index contributed by atoms with van der Waals surface area (Å²) in [5.41, 5.74) is 2.61. The van der Waals surface area contributed by atoms with Gasteiger partial charge in [0, 0.05) is 18.1 Å². The SMILES string of the molecule is CCc1ccc(/C=N/NC(=O)c2cc(-c3ccc(F)cc3F)ccc2O)o1. The first-order valence-corrected chi connectivity index (χ1v) is 8.18. The van der Waals surface area contributed by atoms with Crippen molar-refractivity contribution in [2.24, 2.45) is 5.10 Å². The smallest absolute Gasteiger partial charge is 0.275 e. The molecule has 0 aliphatic heterocycles. The van der Waals surface area contributed by atoms with Gasteiger partial charge in [-0.15, -0.1) is 0 Å². The Hall–Kier alpha value is -3.48. The maximum absolute atomic E-state index is 14.0. The number of aromatic hydroxyl groups is 1. The van der Waals surface area contributed by atoms with Crippen molar-refractivity contribution in [2.45, 2.75) is 13.3 Å². The van der Waals surface area contributed by atoms with Gasteiger partial charge in [0.2, 0.25) is 0 Å². The number of hydrogen-bond donors (Lipinski definition) is 2. The third kappa shape index (κ3) is 4.20. The Morgan fingerprint density at radius 2 is 2.00 bits per heavy atom. The van der Waals surface area contributed by atoms with Crippen molar-refractivity contribution in [1.29, 1.82) is 0 Å². The molecule has 0 atom stereocenters. The normalized spacial score (nSPS) is 11.1. The quantitative estimate of drug-likeness (QED) is 0.521. The maximum atomic E-state index is 14.0. The molecule has 1 heterocycles. The van der Waals surface area contributed by atoms with Crippen LogP contribution in [0.15, 0.2) is 58.0 Å². The molecular formula is C20H16F2N2O3. The molecule has 5 nitrogen and oxygen atoms in total. The van der Waals surface area contributed by atoms with E-state index < -0.39 is 17.5 Å². The number of hydrogen-bond acceptors (Lipinski definition) is 4. The van der Waals surface area contributed by atoms with Crippen LogP contribution < -0.4 is 5.43 Å². The highest BCUT2D eigenvalue weighted by molar-refractivity contribution is 5.98. The van der Waals surface area contributed by atoms with Gasteiger partial charge in [-0.25, -0.2) is 14.2 Å². The van der Waals surface area contributed by atoms with Crippen molar-refractivity contribution in [1.82, 2.24) is 5.43 Å². The number of furan rings is 1. The number of halogens is 2. The lowest BCUT2D eigenvalue weighted by Gasteiger charge is -2.08. The summed E-state index contributed by atoms with van der Waals surface area (Å²) < 4.78 is 32.4. The second-order valence-electron chi connectivity index (χ2n) is 5.71. The van der Waals surface area contributed by atoms with Crippen molar-refractivity contribution < 1.29 is 23.1 Å². The fourth-order valence-corrected chi connectivity index (χ4v) is 2.48. The molecule has 0 fully saturated rings. The molecule has 0 aliphatic rings. The Morgan fingerprint density at radius 1 is 1.19 bits per heavy atom. The van der Waals surface area contributed by atoms with Gasteiger partial charge in [-0.3, -0.25) is 4.79 Å². The fourth-order valence-electron chi connectivity index (χ4n) is 2.48. The van der Waals surface area contributed by atoms with Crippen molar-refractivity contribution >= 4 is 12.1 Å². The van der Waals surface area contributed by atoms with Crippen LogP contribution in [0.25, 0.3) is 11.1 Å². The number of phenolic OH excluding ortho intramolecular Hbond substituents is 1. The standard InChI is InChI=1S/C20H16F2N2O3/c1-2-14-5-6-15(27-14)11-23-24-20(26)17-9-12(3-8-19(17)25)16-7-4-13(21)10-18(16)22/h3-11,25H,2H2,1H3,(H,24,26)/b23-11+. The van der Waals surface area contributed by atoms with E-state index in [1.165, 1.54) is 30.5 Å². The third-order valence-electron chi connectivity index (χ3n) is 3.87. The minimum absolute atomic E-state index is 0.0953. The zero-order chi connectivity index (χ0) is 19.4. The Balaban J connectivity index is 1.80. The summed E-state index contributed by atoms with van der Waals surface area (Å²) in [5, 5.41) is 13.7. The largest absolute Gasteiger partial charge is 0.507 e. The lowest BCUT2D eigenvalue weighted by atomic mass is 10.0. The van der Waals surface area contributed by atoms with Gasteiger partial charge < -0.3 is 9.52 Å². The molecule has 7 heteroatoms. The van der Waals surface area contributed by atoms with E-state index in [1.807, 2.05) is 6.92 Å². The van der Waals surface area contributed by atoms with Crippen molar-refractivity contribution in [3.8, 4) is 16.9 Å². The summed E-state index contributed by atoms with van der Waals surface area (Å²) in [5.74, 6) is -1.19. The Morgan fingerprint density at radius 3 is 2.70 bits per heavy atom. The molecule has 0 saturated heterocycles. The van der Waals surface area contributed by atoms with Gasteiger partial charge in [0.05, 0.1) is 11.8 Å². The second kappa shape index (κ2) is 7.82. The van der Waals surface area contributed by atoms with Gasteiger partial charge in [-0.2, -0.15) is 5.10 Å². The summed E-state index contributed by atoms with van der Waals surface area (Å²) in [6.45, 7) is 1.95. The van der Waals surface area contributed by atoms with Crippen molar-refractivity contribution in [3.63, 3.8) is 0 Å². The third-order valence-corrected chi connectivity index (χ3v) is 3.87. The van der Waals surface area contributed by atoms with E-state index in [4.69, 9.17) is 4.42 Å². The highest BCUT2D eigenvalue weighted by Crippen LogP contribution is 2.28. The van der Waals surface area contributed by atoms with Crippen LogP contribution in [0.5, 0.6) is 5.75 Å². The average Bonchev–Trinajstić information content (AvgIpc) is 3.10. The number of nitrogens with zero attached hydrogens (tertiary/aromatic N) is 1. The van der Waals surface area contributed by atoms with E-state index >= 15 is 0 Å². The Bertz CT molecular complexity index is 1010. The first-order chi connectivity index (χ1) is 13.0. The second-order valence-corrected chi connectivity index (χ2v) is 5.71. The first-order valence-electron chi connectivity index (χ1n) is 8.18. The molecule has 27 heavy (non-hydrogen) atoms. The van der Waals surface area contributed by atoms with Gasteiger partial charge in [0.15, 0.2) is 0 Å². The van der Waals surface area contributed by atoms with Gasteiger partial charge >= 0.3 is 0 Å². The zero-order valence-electron chi connectivity index (χ0n) is 14.4. The van der Waals surface area contributed by atoms with Crippen LogP contribution in [0, 0.1) is 11.6 Å². The van der Waals surface area contributed by atoms with Gasteiger partial charge in [0.25, 0.3) is 5.91 Å². The summed E-state index contributed by atoms with van der Waals surface area (Å²) in [6.07, 6.45) is 2.07. The number of hydrazone groups is 1. The number of nitrogens with one attached hydrogen (secondary N) is 1. The number of phenols is 1. The lowest BCUT2D eigenvalue weighted by Crippen LogP contribution is -2.17. The molecular weight excluding hydrogens is 354 g/mol. The summed E-state index contributed by atoms with van der Waals surface area (Å²) in [6, 6.07) is 10.6. The van der Waals surface area contributed by atoms with E-state index in [0.717, 1.165) is 24.3 Å². The topological polar surface area (TPSA) is 74.8 Å². The molecule has 3 rings (SSSR count). The molecule has 2 N–H and O–H groups in total. The zero-order valence-corrected chi connectivity index (χ0v) is 14.4. The number of carbonyl (C=O) groups excluding carboxylic acids is 1. The van der Waals surface area contributed by atoms with E-state index in [0.29, 0.717) is 11.3 Å². The molecule has 0 bridgehead atoms. The predicted octanol–water partition coefficient (Wildman–Crippen LogP) is 4.26. The minimum Gasteiger partial charge on any atom is -0.507 e. The predicted molar refractivity (Wildman–Crippen MR) is 96.6 cm³/mol. The van der Waals surface area contributed by atoms with Crippen LogP contribution in [0.3, 0.4) is 0 Å². The number of carbonyl (C=O) groups is 1. The van der Waals surface area contributed by atoms with Crippen molar-refractivity contribution in [3.05, 3.63) is 77.2 Å². The summed E-state index contributed by atoms with van der Waals surface area (Å²) in [4.78, 5) is 12.3. The monoisotopic (exact) mass is 370 g/mol. The van der Waals surface area contributed by atoms with E-state index in [1.54, 1.807) is 12.1 Å². The molecule has 0 spiro atoms. The molecule has 3 aromatic rings. The number of benzene rings is 2. The highest BCUT2D eigenvalue weighted by Gasteiger charge is 2.14. The van der Waals surface area contributed by atoms with Crippen LogP contribution in [0.1, 0.15) is 28.8 Å². The summed E-state index contributed by atoms with van der Waals surface area (Å²) >= 11 is 0. The van der Waals surface area contributed by atoms with E-state index in [-0.39, 0.29) is 16.9 Å². The van der Waals surface area contributed by atoms with Crippen LogP contribution >= 0.6 is 0 Å². The van der Waals surface area contributed by atoms with Crippen LogP contribution in [-0.4, -0.2) is 17.2 Å². The molecule has 0 saturated carbocycles. The highest BCUT2D eigenvalue weighted by atomic mass is 19.1. The van der Waals surface area contributed by atoms with Gasteiger partial charge in [-0.1, -0.05) is 13.0 Å². The lowest BCUT2D eigenvalue weighted by molar-refractivity contribution is 0.0952. The summed E-state index contributed by atoms with van der Waals surface area (Å²) in [7, 11) is 0. The maximum Gasteiger partial charge on any atom is 0.275 e. The number of aryl methyl sites for hydroxylation is 1. The van der Waals surface area contributed by atoms with Gasteiger partial charge in [0.1, 0.15) is 28.9 Å². The van der Waals surface area contributed by atoms with Crippen LogP contribution in [0.2, 0.25) is 0 Å². The van der Waals surface area contributed by atoms with E-state index in [2.05, 4.69) is 10.5 Å². The molecule has 1 aromatic heterocycles. The minimum atomic E-state index is -0.769. The Kier molecular flexibility index (Phi) is 5.30. The number of amides is 1. The van der Waals surface area contributed by atoms with Gasteiger partial charge in [-0.05, 0) is 42.0 Å². The molecule has 0 radical (unpaired) electrons. The first kappa shape index (κ1) is 18.3. The Labute approximate surface area is 154 Å². The fraction of sp³-hybridized carbons (Fsp3) is 0.100. The molecule has 0 aliphatic carbocycles. The number of rotatable bonds is 5. The molecule has 0 unspecified atom stereocenters. The molecule has 1 amide bonds. The van der Waals surface area contributed by atoms with Crippen LogP contribution in [-0.2, 0) is 6.42 Å². The molecule has 138 valence electrons. The van der Waals surface area contributed by atoms with Crippen molar-refractivity contribution in [2.75, 3.05) is 0 Å². The average molecular weight is 370 g/mol. The molecule has 2 aromatic carbocycles. The van der Waals surface area contributed by atoms with Crippen LogP contribution in [0.4, 0.5) is 8.78 Å².